The lowest BCUT2D eigenvalue weighted by atomic mass is 10.00. The van der Waals surface area contributed by atoms with Gasteiger partial charge < -0.3 is 13.7 Å². The van der Waals surface area contributed by atoms with Crippen molar-refractivity contribution in [1.82, 2.24) is 13.7 Å². The lowest BCUT2D eigenvalue weighted by Gasteiger charge is -2.09. The highest BCUT2D eigenvalue weighted by atomic mass is 15.0. The zero-order valence-electron chi connectivity index (χ0n) is 32.4. The SMILES string of the molecule is [2H]c1c([2H])c([2H])c(-n2c3ccccc3c3cc(-c4ccc5c(c4)c4c(ccc6c7ccccc7n(-c7ccccc7)c64)n5-c4ccccc4)ccc32)c([2H])c1[2H]. The second-order valence-electron chi connectivity index (χ2n) is 13.0. The van der Waals surface area contributed by atoms with E-state index >= 15 is 0 Å². The average molecular weight is 655 g/mol. The van der Waals surface area contributed by atoms with Crippen LogP contribution in [0.4, 0.5) is 0 Å². The fraction of sp³-hybridized carbons (Fsp3) is 0. The van der Waals surface area contributed by atoms with Gasteiger partial charge in [0.15, 0.2) is 0 Å². The minimum atomic E-state index is -0.405. The van der Waals surface area contributed by atoms with E-state index in [4.69, 9.17) is 6.85 Å². The molecule has 0 saturated heterocycles. The van der Waals surface area contributed by atoms with Gasteiger partial charge in [0.25, 0.3) is 0 Å². The van der Waals surface area contributed by atoms with E-state index in [9.17, 15) is 0 Å². The Balaban J connectivity index is 1.22. The first kappa shape index (κ1) is 23.5. The van der Waals surface area contributed by atoms with Gasteiger partial charge in [0.05, 0.1) is 40.0 Å². The van der Waals surface area contributed by atoms with Gasteiger partial charge in [0.2, 0.25) is 0 Å². The maximum atomic E-state index is 8.81. The van der Waals surface area contributed by atoms with Crippen molar-refractivity contribution in [3.05, 3.63) is 188 Å². The molecule has 0 bridgehead atoms. The molecule has 0 spiro atoms. The molecule has 3 heterocycles. The Morgan fingerprint density at radius 1 is 0.333 bits per heavy atom. The van der Waals surface area contributed by atoms with E-state index in [0.29, 0.717) is 0 Å². The first-order valence-electron chi connectivity index (χ1n) is 19.6. The first-order valence-corrected chi connectivity index (χ1v) is 17.1. The third-order valence-electron chi connectivity index (χ3n) is 10.3. The van der Waals surface area contributed by atoms with Crippen LogP contribution in [0.5, 0.6) is 0 Å². The maximum absolute atomic E-state index is 8.81. The second kappa shape index (κ2) is 10.8. The molecule has 3 nitrogen and oxygen atoms in total. The van der Waals surface area contributed by atoms with Crippen LogP contribution in [0, 0.1) is 0 Å². The van der Waals surface area contributed by atoms with E-state index in [1.54, 1.807) is 0 Å². The second-order valence-corrected chi connectivity index (χ2v) is 13.0. The lowest BCUT2D eigenvalue weighted by molar-refractivity contribution is 1.17. The van der Waals surface area contributed by atoms with Crippen LogP contribution >= 0.6 is 0 Å². The Kier molecular flexibility index (Phi) is 4.99. The number of benzene rings is 8. The van der Waals surface area contributed by atoms with Crippen molar-refractivity contribution in [3.8, 4) is 28.2 Å². The molecule has 0 aliphatic heterocycles. The van der Waals surface area contributed by atoms with Gasteiger partial charge >= 0.3 is 0 Å². The first-order chi connectivity index (χ1) is 27.4. The monoisotopic (exact) mass is 654 g/mol. The number of nitrogens with zero attached hydrogens (tertiary/aromatic N) is 3. The largest absolute Gasteiger partial charge is 0.309 e. The number of fused-ring (bicyclic) bond motifs is 10. The molecule has 3 heteroatoms. The Morgan fingerprint density at radius 2 is 0.824 bits per heavy atom. The van der Waals surface area contributed by atoms with Gasteiger partial charge in [-0.25, -0.2) is 0 Å². The minimum absolute atomic E-state index is 0.142. The van der Waals surface area contributed by atoms with Gasteiger partial charge in [-0.2, -0.15) is 0 Å². The Labute approximate surface area is 301 Å². The van der Waals surface area contributed by atoms with E-state index in [2.05, 4.69) is 130 Å². The van der Waals surface area contributed by atoms with Gasteiger partial charge in [-0.15, -0.1) is 0 Å². The average Bonchev–Trinajstić information content (AvgIpc) is 3.88. The predicted molar refractivity (Wildman–Crippen MR) is 215 cm³/mol. The van der Waals surface area contributed by atoms with E-state index in [-0.39, 0.29) is 29.9 Å². The van der Waals surface area contributed by atoms with Crippen LogP contribution in [0.25, 0.3) is 93.6 Å². The standard InChI is InChI=1S/C48H31N3/c1-4-14-34(15-5-1)49-42-22-12-11-21-38(42)40-30-32(24-27-44(40)49)33-25-28-45-41(31-33)47-46(50(45)35-16-6-2-7-17-35)29-26-39-37-20-10-13-23-43(37)51(48(39)47)36-18-8-3-9-19-36/h1-31H/i1D,4D,5D,14D,15D. The van der Waals surface area contributed by atoms with Gasteiger partial charge in [-0.3, -0.25) is 0 Å². The smallest absolute Gasteiger partial charge is 0.0645 e. The molecule has 0 aliphatic rings. The van der Waals surface area contributed by atoms with Crippen LogP contribution in [-0.2, 0) is 0 Å². The van der Waals surface area contributed by atoms with Gasteiger partial charge in [0.1, 0.15) is 0 Å². The molecule has 0 radical (unpaired) electrons. The van der Waals surface area contributed by atoms with Crippen LogP contribution in [0.15, 0.2) is 188 Å². The molecule has 11 rings (SSSR count). The summed E-state index contributed by atoms with van der Waals surface area (Å²) in [6.07, 6.45) is 0. The highest BCUT2D eigenvalue weighted by Crippen LogP contribution is 2.43. The molecule has 3 aromatic heterocycles. The molecule has 8 aromatic carbocycles. The molecule has 0 N–H and O–H groups in total. The third kappa shape index (κ3) is 4.06. The summed E-state index contributed by atoms with van der Waals surface area (Å²) in [6, 6.07) is 53.5. The van der Waals surface area contributed by atoms with E-state index in [1.165, 1.54) is 16.2 Å². The summed E-state index contributed by atoms with van der Waals surface area (Å²) in [5, 5.41) is 6.56. The molecule has 0 amide bonds. The summed E-state index contributed by atoms with van der Waals surface area (Å²) in [4.78, 5) is 0. The number of hydrogen-bond donors (Lipinski definition) is 0. The summed E-state index contributed by atoms with van der Waals surface area (Å²) >= 11 is 0. The highest BCUT2D eigenvalue weighted by molar-refractivity contribution is 6.26. The Hall–Kier alpha value is -6.84. The van der Waals surface area contributed by atoms with Crippen molar-refractivity contribution >= 4 is 65.4 Å². The van der Waals surface area contributed by atoms with Crippen molar-refractivity contribution in [2.75, 3.05) is 0 Å². The minimum Gasteiger partial charge on any atom is -0.309 e. The van der Waals surface area contributed by atoms with Crippen molar-refractivity contribution in [1.29, 1.82) is 0 Å². The summed E-state index contributed by atoms with van der Waals surface area (Å²) in [5.74, 6) is 0. The van der Waals surface area contributed by atoms with Crippen molar-refractivity contribution in [3.63, 3.8) is 0 Å². The fourth-order valence-corrected chi connectivity index (χ4v) is 8.19. The summed E-state index contributed by atoms with van der Waals surface area (Å²) < 4.78 is 49.2. The van der Waals surface area contributed by atoms with E-state index in [0.717, 1.165) is 71.8 Å². The molecular formula is C48H31N3. The molecular weight excluding hydrogens is 619 g/mol. The lowest BCUT2D eigenvalue weighted by Crippen LogP contribution is -1.95. The summed E-state index contributed by atoms with van der Waals surface area (Å²) in [5.41, 5.74) is 10.5. The molecule has 0 unspecified atom stereocenters. The van der Waals surface area contributed by atoms with Crippen molar-refractivity contribution < 1.29 is 6.85 Å². The third-order valence-corrected chi connectivity index (χ3v) is 10.3. The quantitative estimate of drug-likeness (QED) is 0.179. The maximum Gasteiger partial charge on any atom is 0.0645 e. The molecule has 11 aromatic rings. The molecule has 0 saturated carbocycles. The van der Waals surface area contributed by atoms with Crippen LogP contribution in [0.1, 0.15) is 6.85 Å². The van der Waals surface area contributed by atoms with Crippen LogP contribution < -0.4 is 0 Å². The van der Waals surface area contributed by atoms with E-state index in [1.807, 2.05) is 41.0 Å². The Morgan fingerprint density at radius 3 is 1.51 bits per heavy atom. The van der Waals surface area contributed by atoms with Crippen molar-refractivity contribution in [2.45, 2.75) is 0 Å². The van der Waals surface area contributed by atoms with E-state index < -0.39 is 6.04 Å². The number of aromatic nitrogens is 3. The Bertz CT molecular complexity index is 3390. The van der Waals surface area contributed by atoms with Crippen LogP contribution in [0.2, 0.25) is 0 Å². The van der Waals surface area contributed by atoms with Gasteiger partial charge in [-0.05, 0) is 89.9 Å². The fourth-order valence-electron chi connectivity index (χ4n) is 8.19. The summed E-state index contributed by atoms with van der Waals surface area (Å²) in [6.45, 7) is 0. The molecule has 0 aliphatic carbocycles. The van der Waals surface area contributed by atoms with Crippen molar-refractivity contribution in [2.24, 2.45) is 0 Å². The molecule has 51 heavy (non-hydrogen) atoms. The van der Waals surface area contributed by atoms with Crippen LogP contribution in [-0.4, -0.2) is 13.7 Å². The zero-order valence-corrected chi connectivity index (χ0v) is 27.4. The van der Waals surface area contributed by atoms with Crippen LogP contribution in [0.3, 0.4) is 0 Å². The predicted octanol–water partition coefficient (Wildman–Crippen LogP) is 12.6. The van der Waals surface area contributed by atoms with Gasteiger partial charge in [0, 0.05) is 49.4 Å². The highest BCUT2D eigenvalue weighted by Gasteiger charge is 2.21. The topological polar surface area (TPSA) is 14.8 Å². The molecule has 0 atom stereocenters. The van der Waals surface area contributed by atoms with Gasteiger partial charge in [-0.1, -0.05) is 109 Å². The molecule has 238 valence electrons. The normalized spacial score (nSPS) is 13.3. The number of hydrogen-bond acceptors (Lipinski definition) is 0. The number of rotatable bonds is 4. The summed E-state index contributed by atoms with van der Waals surface area (Å²) in [7, 11) is 0. The molecule has 0 fully saturated rings. The zero-order chi connectivity index (χ0) is 37.8. The number of para-hydroxylation sites is 5.